The summed E-state index contributed by atoms with van der Waals surface area (Å²) >= 11 is 0. The molecule has 0 N–H and O–H groups in total. The van der Waals surface area contributed by atoms with E-state index in [1.807, 2.05) is 43.3 Å². The molecule has 4 rings (SSSR count). The highest BCUT2D eigenvalue weighted by Gasteiger charge is 2.29. The van der Waals surface area contributed by atoms with Gasteiger partial charge in [0.15, 0.2) is 0 Å². The molecule has 0 atom stereocenters. The molecule has 36 heavy (non-hydrogen) atoms. The van der Waals surface area contributed by atoms with E-state index in [1.165, 1.54) is 0 Å². The van der Waals surface area contributed by atoms with E-state index >= 15 is 0 Å². The average molecular weight is 515 g/mol. The van der Waals surface area contributed by atoms with Crippen LogP contribution in [-0.4, -0.2) is 98.4 Å². The maximum atomic E-state index is 13.1. The van der Waals surface area contributed by atoms with Crippen LogP contribution in [0.1, 0.15) is 28.4 Å². The second-order valence-corrected chi connectivity index (χ2v) is 11.1. The lowest BCUT2D eigenvalue weighted by Gasteiger charge is -2.34. The van der Waals surface area contributed by atoms with Gasteiger partial charge in [-0.3, -0.25) is 9.69 Å². The van der Waals surface area contributed by atoms with Gasteiger partial charge in [0.2, 0.25) is 10.0 Å². The molecule has 0 radical (unpaired) electrons. The van der Waals surface area contributed by atoms with Crippen LogP contribution in [-0.2, 0) is 21.3 Å². The Morgan fingerprint density at radius 3 is 2.14 bits per heavy atom. The van der Waals surface area contributed by atoms with Gasteiger partial charge in [0.1, 0.15) is 0 Å². The van der Waals surface area contributed by atoms with Crippen LogP contribution in [0.15, 0.2) is 53.4 Å². The number of amides is 2. The molecule has 0 unspecified atom stereocenters. The topological polar surface area (TPSA) is 90.5 Å². The maximum Gasteiger partial charge on any atom is 0.409 e. The number of piperazine rings is 2. The van der Waals surface area contributed by atoms with Crippen LogP contribution in [0.25, 0.3) is 0 Å². The summed E-state index contributed by atoms with van der Waals surface area (Å²) in [6.07, 6.45) is -0.335. The first kappa shape index (κ1) is 26.1. The van der Waals surface area contributed by atoms with E-state index in [0.29, 0.717) is 76.0 Å². The monoisotopic (exact) mass is 514 g/mol. The van der Waals surface area contributed by atoms with E-state index in [4.69, 9.17) is 4.74 Å². The molecule has 2 saturated heterocycles. The Balaban J connectivity index is 1.31. The number of aryl methyl sites for hydroxylation is 1. The van der Waals surface area contributed by atoms with Crippen LogP contribution in [0.4, 0.5) is 4.79 Å². The molecule has 0 aliphatic carbocycles. The number of rotatable bonds is 6. The van der Waals surface area contributed by atoms with Crippen LogP contribution in [0, 0.1) is 6.92 Å². The van der Waals surface area contributed by atoms with Crippen molar-refractivity contribution in [1.82, 2.24) is 19.0 Å². The number of ether oxygens (including phenoxy) is 1. The molecule has 0 bridgehead atoms. The van der Waals surface area contributed by atoms with Crippen LogP contribution in [0.3, 0.4) is 0 Å². The molecular weight excluding hydrogens is 480 g/mol. The van der Waals surface area contributed by atoms with Crippen molar-refractivity contribution in [2.75, 3.05) is 59.0 Å². The van der Waals surface area contributed by atoms with Crippen molar-refractivity contribution in [3.8, 4) is 0 Å². The molecular formula is C26H34N4O5S. The molecule has 194 valence electrons. The van der Waals surface area contributed by atoms with Crippen molar-refractivity contribution in [1.29, 1.82) is 0 Å². The first-order valence-corrected chi connectivity index (χ1v) is 13.8. The van der Waals surface area contributed by atoms with Crippen molar-refractivity contribution in [2.45, 2.75) is 25.3 Å². The molecule has 2 amide bonds. The zero-order chi connectivity index (χ0) is 25.7. The smallest absolute Gasteiger partial charge is 0.409 e. The second kappa shape index (κ2) is 11.4. The summed E-state index contributed by atoms with van der Waals surface area (Å²) in [5, 5.41) is 0. The molecule has 10 heteroatoms. The third-order valence-corrected chi connectivity index (χ3v) is 8.58. The van der Waals surface area contributed by atoms with Crippen LogP contribution >= 0.6 is 0 Å². The van der Waals surface area contributed by atoms with Gasteiger partial charge in [-0.05, 0) is 43.7 Å². The molecule has 2 aliphatic rings. The summed E-state index contributed by atoms with van der Waals surface area (Å²) in [4.78, 5) is 30.9. The average Bonchev–Trinajstić information content (AvgIpc) is 2.89. The van der Waals surface area contributed by atoms with Gasteiger partial charge in [0.25, 0.3) is 5.91 Å². The van der Waals surface area contributed by atoms with E-state index in [9.17, 15) is 18.0 Å². The highest BCUT2D eigenvalue weighted by Crippen LogP contribution is 2.20. The van der Waals surface area contributed by atoms with E-state index in [-0.39, 0.29) is 12.0 Å². The predicted octanol–water partition coefficient (Wildman–Crippen LogP) is 2.42. The van der Waals surface area contributed by atoms with Gasteiger partial charge in [0, 0.05) is 64.5 Å². The largest absolute Gasteiger partial charge is 0.450 e. The molecule has 2 aromatic carbocycles. The minimum Gasteiger partial charge on any atom is -0.450 e. The Hall–Kier alpha value is -2.95. The highest BCUT2D eigenvalue weighted by molar-refractivity contribution is 7.89. The summed E-state index contributed by atoms with van der Waals surface area (Å²) in [6, 6.07) is 14.6. The fourth-order valence-electron chi connectivity index (χ4n) is 4.54. The standard InChI is InChI=1S/C26H34N4O5S/c1-3-35-26(32)29-15-13-28(14-16-29)25(31)23-6-4-5-22(19-23)20-27-11-17-30(18-12-27)36(33,34)24-9-7-21(2)8-10-24/h4-10,19H,3,11-18,20H2,1-2H3. The zero-order valence-corrected chi connectivity index (χ0v) is 21.7. The van der Waals surface area contributed by atoms with E-state index in [2.05, 4.69) is 4.90 Å². The van der Waals surface area contributed by atoms with Gasteiger partial charge in [-0.2, -0.15) is 4.31 Å². The van der Waals surface area contributed by atoms with Gasteiger partial charge < -0.3 is 14.5 Å². The molecule has 2 heterocycles. The van der Waals surface area contributed by atoms with Crippen molar-refractivity contribution in [2.24, 2.45) is 0 Å². The van der Waals surface area contributed by atoms with Gasteiger partial charge >= 0.3 is 6.09 Å². The molecule has 0 spiro atoms. The molecule has 0 saturated carbocycles. The lowest BCUT2D eigenvalue weighted by molar-refractivity contribution is 0.0570. The Morgan fingerprint density at radius 1 is 0.861 bits per heavy atom. The van der Waals surface area contributed by atoms with Crippen molar-refractivity contribution >= 4 is 22.0 Å². The van der Waals surface area contributed by atoms with E-state index in [1.54, 1.807) is 33.2 Å². The van der Waals surface area contributed by atoms with Crippen molar-refractivity contribution < 1.29 is 22.7 Å². The molecule has 2 fully saturated rings. The van der Waals surface area contributed by atoms with Gasteiger partial charge in [-0.15, -0.1) is 0 Å². The Labute approximate surface area is 213 Å². The number of nitrogens with zero attached hydrogens (tertiary/aromatic N) is 4. The van der Waals surface area contributed by atoms with Crippen LogP contribution in [0.2, 0.25) is 0 Å². The number of hydrogen-bond donors (Lipinski definition) is 0. The molecule has 2 aromatic rings. The molecule has 0 aromatic heterocycles. The lowest BCUT2D eigenvalue weighted by atomic mass is 10.1. The summed E-state index contributed by atoms with van der Waals surface area (Å²) in [6.45, 7) is 8.66. The minimum atomic E-state index is -3.49. The molecule has 2 aliphatic heterocycles. The number of benzene rings is 2. The predicted molar refractivity (Wildman–Crippen MR) is 136 cm³/mol. The highest BCUT2D eigenvalue weighted by atomic mass is 32.2. The van der Waals surface area contributed by atoms with Gasteiger partial charge in [-0.25, -0.2) is 13.2 Å². The Morgan fingerprint density at radius 2 is 1.50 bits per heavy atom. The zero-order valence-electron chi connectivity index (χ0n) is 20.9. The van der Waals surface area contributed by atoms with Gasteiger partial charge in [-0.1, -0.05) is 29.8 Å². The van der Waals surface area contributed by atoms with E-state index in [0.717, 1.165) is 11.1 Å². The van der Waals surface area contributed by atoms with Crippen molar-refractivity contribution in [3.05, 3.63) is 65.2 Å². The number of sulfonamides is 1. The summed E-state index contributed by atoms with van der Waals surface area (Å²) in [5.74, 6) is -0.0469. The Bertz CT molecular complexity index is 1170. The lowest BCUT2D eigenvalue weighted by Crippen LogP contribution is -2.50. The van der Waals surface area contributed by atoms with Crippen molar-refractivity contribution in [3.63, 3.8) is 0 Å². The normalized spacial score (nSPS) is 17.7. The van der Waals surface area contributed by atoms with E-state index < -0.39 is 10.0 Å². The fourth-order valence-corrected chi connectivity index (χ4v) is 5.96. The SMILES string of the molecule is CCOC(=O)N1CCN(C(=O)c2cccc(CN3CCN(S(=O)(=O)c4ccc(C)cc4)CC3)c2)CC1. The number of carbonyl (C=O) groups is 2. The first-order valence-electron chi connectivity index (χ1n) is 12.4. The third kappa shape index (κ3) is 6.05. The summed E-state index contributed by atoms with van der Waals surface area (Å²) in [5.41, 5.74) is 2.66. The third-order valence-electron chi connectivity index (χ3n) is 6.66. The summed E-state index contributed by atoms with van der Waals surface area (Å²) in [7, 11) is -3.49. The summed E-state index contributed by atoms with van der Waals surface area (Å²) < 4.78 is 32.5. The minimum absolute atomic E-state index is 0.0469. The number of carbonyl (C=O) groups excluding carboxylic acids is 2. The fraction of sp³-hybridized carbons (Fsp3) is 0.462. The number of hydrogen-bond acceptors (Lipinski definition) is 6. The maximum absolute atomic E-state index is 13.1. The Kier molecular flexibility index (Phi) is 8.28. The molecule has 9 nitrogen and oxygen atoms in total. The second-order valence-electron chi connectivity index (χ2n) is 9.17. The quantitative estimate of drug-likeness (QED) is 0.588. The van der Waals surface area contributed by atoms with Gasteiger partial charge in [0.05, 0.1) is 11.5 Å². The van der Waals surface area contributed by atoms with Crippen LogP contribution in [0.5, 0.6) is 0 Å². The first-order chi connectivity index (χ1) is 17.3. The van der Waals surface area contributed by atoms with Crippen LogP contribution < -0.4 is 0 Å².